The molecule has 44 heavy (non-hydrogen) atoms. The summed E-state index contributed by atoms with van der Waals surface area (Å²) in [5.41, 5.74) is 5.27. The molecule has 0 aromatic heterocycles. The standard InChI is InChI=1S/C32H58NO10P/c1-3-5-7-8-9-10-11-12-13-14-15-16-17-18-19-20-22-24-31(35)43-28(25-40-30(34)23-21-6-4-2)26-41-44(38,39)42-27-29(33)32(36)37/h9-10,12-13,28-29H,3-8,11,14-27,33H2,1-2H3,(H,36,37)(H,38,39)/b10-9-,13-12-. The van der Waals surface area contributed by atoms with Crippen LogP contribution in [-0.2, 0) is 37.5 Å². The highest BCUT2D eigenvalue weighted by Crippen LogP contribution is 2.43. The third-order valence-electron chi connectivity index (χ3n) is 6.70. The van der Waals surface area contributed by atoms with Crippen molar-refractivity contribution in [3.63, 3.8) is 0 Å². The zero-order valence-corrected chi connectivity index (χ0v) is 27.9. The van der Waals surface area contributed by atoms with Gasteiger partial charge in [-0.25, -0.2) is 4.57 Å². The lowest BCUT2D eigenvalue weighted by atomic mass is 10.1. The molecule has 4 N–H and O–H groups in total. The van der Waals surface area contributed by atoms with Gasteiger partial charge < -0.3 is 25.2 Å². The third-order valence-corrected chi connectivity index (χ3v) is 7.65. The van der Waals surface area contributed by atoms with E-state index in [9.17, 15) is 23.8 Å². The van der Waals surface area contributed by atoms with Gasteiger partial charge in [0.05, 0.1) is 13.2 Å². The smallest absolute Gasteiger partial charge is 0.472 e. The van der Waals surface area contributed by atoms with Crippen molar-refractivity contribution in [3.8, 4) is 0 Å². The van der Waals surface area contributed by atoms with Gasteiger partial charge >= 0.3 is 25.7 Å². The summed E-state index contributed by atoms with van der Waals surface area (Å²) >= 11 is 0. The van der Waals surface area contributed by atoms with Crippen LogP contribution in [0.1, 0.15) is 129 Å². The van der Waals surface area contributed by atoms with Crippen molar-refractivity contribution in [3.05, 3.63) is 24.3 Å². The third kappa shape index (κ3) is 27.5. The number of ether oxygens (including phenoxy) is 2. The Kier molecular flexibility index (Phi) is 27.1. The molecule has 11 nitrogen and oxygen atoms in total. The Hall–Kier alpha value is -2.04. The SMILES string of the molecule is CCCCC/C=C\C/C=C\CCCCCCCCCC(=O)OC(COC(=O)CCCCC)COP(=O)(O)OCC(N)C(=O)O. The molecule has 0 aromatic rings. The van der Waals surface area contributed by atoms with Crippen LogP contribution in [0.3, 0.4) is 0 Å². The molecule has 0 bridgehead atoms. The minimum atomic E-state index is -4.69. The van der Waals surface area contributed by atoms with E-state index in [4.69, 9.17) is 24.8 Å². The van der Waals surface area contributed by atoms with Crippen LogP contribution in [0, 0.1) is 0 Å². The van der Waals surface area contributed by atoms with Gasteiger partial charge in [0.25, 0.3) is 0 Å². The van der Waals surface area contributed by atoms with Crippen molar-refractivity contribution >= 4 is 25.7 Å². The summed E-state index contributed by atoms with van der Waals surface area (Å²) in [6.07, 6.45) is 24.9. The van der Waals surface area contributed by atoms with Crippen molar-refractivity contribution in [2.24, 2.45) is 5.73 Å². The fourth-order valence-corrected chi connectivity index (χ4v) is 4.81. The first-order valence-electron chi connectivity index (χ1n) is 16.4. The lowest BCUT2D eigenvalue weighted by molar-refractivity contribution is -0.161. The number of nitrogens with two attached hydrogens (primary N) is 1. The minimum absolute atomic E-state index is 0.152. The molecular formula is C32H58NO10P. The Labute approximate surface area is 264 Å². The molecule has 0 radical (unpaired) electrons. The van der Waals surface area contributed by atoms with Crippen LogP contribution in [0.5, 0.6) is 0 Å². The van der Waals surface area contributed by atoms with Crippen LogP contribution in [0.25, 0.3) is 0 Å². The topological polar surface area (TPSA) is 172 Å². The highest BCUT2D eigenvalue weighted by molar-refractivity contribution is 7.47. The number of rotatable bonds is 30. The van der Waals surface area contributed by atoms with Gasteiger partial charge in [0, 0.05) is 12.8 Å². The fourth-order valence-electron chi connectivity index (χ4n) is 4.03. The van der Waals surface area contributed by atoms with E-state index in [0.717, 1.165) is 51.4 Å². The molecule has 0 aromatic carbocycles. The molecule has 0 spiro atoms. The van der Waals surface area contributed by atoms with E-state index in [0.29, 0.717) is 12.8 Å². The van der Waals surface area contributed by atoms with E-state index in [1.165, 1.54) is 38.5 Å². The second-order valence-corrected chi connectivity index (χ2v) is 12.4. The molecule has 0 fully saturated rings. The lowest BCUT2D eigenvalue weighted by Crippen LogP contribution is -2.34. The second-order valence-electron chi connectivity index (χ2n) is 10.9. The Bertz CT molecular complexity index is 864. The molecule has 12 heteroatoms. The number of hydrogen-bond donors (Lipinski definition) is 3. The van der Waals surface area contributed by atoms with E-state index in [-0.39, 0.29) is 19.4 Å². The fraction of sp³-hybridized carbons (Fsp3) is 0.781. The quantitative estimate of drug-likeness (QED) is 0.0312. The molecule has 256 valence electrons. The highest BCUT2D eigenvalue weighted by atomic mass is 31.2. The van der Waals surface area contributed by atoms with Crippen LogP contribution >= 0.6 is 7.82 Å². The zero-order valence-electron chi connectivity index (χ0n) is 27.0. The van der Waals surface area contributed by atoms with E-state index in [1.54, 1.807) is 0 Å². The molecule has 3 atom stereocenters. The molecule has 0 heterocycles. The minimum Gasteiger partial charge on any atom is -0.480 e. The van der Waals surface area contributed by atoms with Crippen LogP contribution in [0.4, 0.5) is 0 Å². The number of allylic oxidation sites excluding steroid dienone is 4. The summed E-state index contributed by atoms with van der Waals surface area (Å²) in [7, 11) is -4.69. The monoisotopic (exact) mass is 647 g/mol. The van der Waals surface area contributed by atoms with Gasteiger partial charge in [-0.1, -0.05) is 95.9 Å². The first-order valence-corrected chi connectivity index (χ1v) is 17.9. The summed E-state index contributed by atoms with van der Waals surface area (Å²) in [5, 5.41) is 8.78. The van der Waals surface area contributed by atoms with Crippen molar-refractivity contribution in [2.75, 3.05) is 19.8 Å². The maximum Gasteiger partial charge on any atom is 0.472 e. The summed E-state index contributed by atoms with van der Waals surface area (Å²) in [6.45, 7) is 2.53. The van der Waals surface area contributed by atoms with E-state index >= 15 is 0 Å². The lowest BCUT2D eigenvalue weighted by Gasteiger charge is -2.20. The largest absolute Gasteiger partial charge is 0.480 e. The van der Waals surface area contributed by atoms with Gasteiger partial charge in [0.1, 0.15) is 12.6 Å². The summed E-state index contributed by atoms with van der Waals surface area (Å²) in [6, 6.07) is -1.52. The maximum atomic E-state index is 12.4. The van der Waals surface area contributed by atoms with E-state index < -0.39 is 51.1 Å². The van der Waals surface area contributed by atoms with E-state index in [1.807, 2.05) is 6.92 Å². The molecule has 0 aliphatic carbocycles. The van der Waals surface area contributed by atoms with Gasteiger partial charge in [0.2, 0.25) is 0 Å². The number of carboxylic acids is 1. The second kappa shape index (κ2) is 28.4. The maximum absolute atomic E-state index is 12.4. The van der Waals surface area contributed by atoms with Gasteiger partial charge in [0.15, 0.2) is 6.10 Å². The molecule has 0 saturated carbocycles. The molecule has 0 aliphatic heterocycles. The van der Waals surface area contributed by atoms with Gasteiger partial charge in [-0.3, -0.25) is 23.4 Å². The number of unbranched alkanes of at least 4 members (excludes halogenated alkanes) is 12. The first kappa shape index (κ1) is 42.0. The first-order chi connectivity index (χ1) is 21.1. The molecule has 0 rings (SSSR count). The molecule has 3 unspecified atom stereocenters. The molecule has 0 aliphatic rings. The van der Waals surface area contributed by atoms with Crippen LogP contribution in [0.2, 0.25) is 0 Å². The summed E-state index contributed by atoms with van der Waals surface area (Å²) < 4.78 is 32.1. The summed E-state index contributed by atoms with van der Waals surface area (Å²) in [5.74, 6) is -2.42. The number of carbonyl (C=O) groups is 3. The predicted molar refractivity (Wildman–Crippen MR) is 171 cm³/mol. The zero-order chi connectivity index (χ0) is 32.9. The van der Waals surface area contributed by atoms with Gasteiger partial charge in [-0.2, -0.15) is 0 Å². The normalized spacial score (nSPS) is 14.5. The van der Waals surface area contributed by atoms with Crippen LogP contribution in [-0.4, -0.2) is 59.9 Å². The van der Waals surface area contributed by atoms with Gasteiger partial charge in [-0.15, -0.1) is 0 Å². The Morgan fingerprint density at radius 2 is 1.20 bits per heavy atom. The Balaban J connectivity index is 4.29. The summed E-state index contributed by atoms with van der Waals surface area (Å²) in [4.78, 5) is 45.0. The van der Waals surface area contributed by atoms with Crippen molar-refractivity contribution < 1.29 is 47.5 Å². The molecule has 0 amide bonds. The predicted octanol–water partition coefficient (Wildman–Crippen LogP) is 7.16. The Morgan fingerprint density at radius 3 is 1.82 bits per heavy atom. The van der Waals surface area contributed by atoms with Crippen molar-refractivity contribution in [2.45, 2.75) is 142 Å². The highest BCUT2D eigenvalue weighted by Gasteiger charge is 2.28. The number of phosphoric acid groups is 1. The van der Waals surface area contributed by atoms with Crippen molar-refractivity contribution in [1.82, 2.24) is 0 Å². The molecule has 0 saturated heterocycles. The number of aliphatic carboxylic acids is 1. The number of carbonyl (C=O) groups excluding carboxylic acids is 2. The number of carboxylic acid groups (broad SMARTS) is 1. The number of esters is 2. The number of phosphoric ester groups is 1. The van der Waals surface area contributed by atoms with Crippen LogP contribution < -0.4 is 5.73 Å². The van der Waals surface area contributed by atoms with Crippen LogP contribution in [0.15, 0.2) is 24.3 Å². The van der Waals surface area contributed by atoms with Gasteiger partial charge in [-0.05, 0) is 44.9 Å². The average Bonchev–Trinajstić information content (AvgIpc) is 2.99. The van der Waals surface area contributed by atoms with E-state index in [2.05, 4.69) is 35.8 Å². The Morgan fingerprint density at radius 1 is 0.705 bits per heavy atom. The number of hydrogen-bond acceptors (Lipinski definition) is 9. The van der Waals surface area contributed by atoms with Crippen molar-refractivity contribution in [1.29, 1.82) is 0 Å². The average molecular weight is 648 g/mol. The molecular weight excluding hydrogens is 589 g/mol.